The fourth-order valence-corrected chi connectivity index (χ4v) is 0.802. The van der Waals surface area contributed by atoms with Gasteiger partial charge in [0.1, 0.15) is 0 Å². The lowest BCUT2D eigenvalue weighted by molar-refractivity contribution is 0.293. The Kier molecular flexibility index (Phi) is 1.70. The number of aromatic nitrogens is 2. The Morgan fingerprint density at radius 1 is 1.36 bits per heavy atom. The Hall–Kier alpha value is -0.930. The minimum absolute atomic E-state index is 0.506. The first kappa shape index (κ1) is 8.17. The summed E-state index contributed by atoms with van der Waals surface area (Å²) in [7, 11) is 0. The van der Waals surface area contributed by atoms with E-state index in [0.717, 1.165) is 10.7 Å². The first-order chi connectivity index (χ1) is 4.91. The molecule has 0 saturated carbocycles. The van der Waals surface area contributed by atoms with Crippen molar-refractivity contribution in [1.29, 1.82) is 0 Å². The molecule has 0 N–H and O–H groups in total. The van der Waals surface area contributed by atoms with Crippen molar-refractivity contribution in [3.05, 3.63) is 18.0 Å². The SMILES string of the molecule is CC(C)(C)n1nc(F)cc1F. The zero-order valence-electron chi connectivity index (χ0n) is 6.73. The topological polar surface area (TPSA) is 17.8 Å². The largest absolute Gasteiger partial charge is 0.235 e. The van der Waals surface area contributed by atoms with E-state index >= 15 is 0 Å². The van der Waals surface area contributed by atoms with Crippen LogP contribution in [0.15, 0.2) is 6.07 Å². The second-order valence-electron chi connectivity index (χ2n) is 3.37. The Labute approximate surface area is 63.8 Å². The molecule has 0 atom stereocenters. The summed E-state index contributed by atoms with van der Waals surface area (Å²) in [5.41, 5.74) is -0.506. The van der Waals surface area contributed by atoms with Crippen LogP contribution in [-0.2, 0) is 5.54 Å². The van der Waals surface area contributed by atoms with Crippen molar-refractivity contribution in [2.45, 2.75) is 26.3 Å². The monoisotopic (exact) mass is 160 g/mol. The number of halogens is 2. The lowest BCUT2D eigenvalue weighted by Crippen LogP contribution is -2.24. The van der Waals surface area contributed by atoms with Gasteiger partial charge in [-0.25, -0.2) is 4.68 Å². The summed E-state index contributed by atoms with van der Waals surface area (Å²) in [6.45, 7) is 5.26. The van der Waals surface area contributed by atoms with Crippen LogP contribution in [0.25, 0.3) is 0 Å². The third kappa shape index (κ3) is 1.56. The fraction of sp³-hybridized carbons (Fsp3) is 0.571. The van der Waals surface area contributed by atoms with Gasteiger partial charge in [0.05, 0.1) is 5.54 Å². The van der Waals surface area contributed by atoms with E-state index in [1.165, 1.54) is 0 Å². The van der Waals surface area contributed by atoms with Crippen LogP contribution < -0.4 is 0 Å². The van der Waals surface area contributed by atoms with Crippen LogP contribution in [-0.4, -0.2) is 9.78 Å². The summed E-state index contributed by atoms with van der Waals surface area (Å²) >= 11 is 0. The first-order valence-corrected chi connectivity index (χ1v) is 3.33. The lowest BCUT2D eigenvalue weighted by atomic mass is 10.1. The molecule has 62 valence electrons. The van der Waals surface area contributed by atoms with Crippen LogP contribution in [0.1, 0.15) is 20.8 Å². The molecule has 11 heavy (non-hydrogen) atoms. The predicted molar refractivity (Wildman–Crippen MR) is 37.1 cm³/mol. The highest BCUT2D eigenvalue weighted by atomic mass is 19.1. The van der Waals surface area contributed by atoms with E-state index in [9.17, 15) is 8.78 Å². The van der Waals surface area contributed by atoms with Gasteiger partial charge in [-0.1, -0.05) is 0 Å². The van der Waals surface area contributed by atoms with Crippen molar-refractivity contribution in [2.24, 2.45) is 0 Å². The van der Waals surface area contributed by atoms with E-state index < -0.39 is 17.4 Å². The molecular weight excluding hydrogens is 150 g/mol. The molecule has 1 aromatic rings. The predicted octanol–water partition coefficient (Wildman–Crippen LogP) is 1.92. The summed E-state index contributed by atoms with van der Waals surface area (Å²) in [6.07, 6.45) is 0. The van der Waals surface area contributed by atoms with Gasteiger partial charge in [0.15, 0.2) is 0 Å². The summed E-state index contributed by atoms with van der Waals surface area (Å²) in [5, 5.41) is 3.36. The van der Waals surface area contributed by atoms with E-state index in [1.807, 2.05) is 0 Å². The van der Waals surface area contributed by atoms with Crippen molar-refractivity contribution < 1.29 is 8.78 Å². The summed E-state index contributed by atoms with van der Waals surface area (Å²) in [4.78, 5) is 0. The molecular formula is C7H10F2N2. The van der Waals surface area contributed by atoms with Gasteiger partial charge in [0.25, 0.3) is 0 Å². The highest BCUT2D eigenvalue weighted by Crippen LogP contribution is 2.15. The Bertz CT molecular complexity index is 260. The zero-order chi connectivity index (χ0) is 8.65. The molecule has 0 aliphatic rings. The van der Waals surface area contributed by atoms with Gasteiger partial charge in [-0.3, -0.25) is 0 Å². The molecule has 1 heterocycles. The van der Waals surface area contributed by atoms with E-state index in [1.54, 1.807) is 20.8 Å². The van der Waals surface area contributed by atoms with Crippen LogP contribution >= 0.6 is 0 Å². The maximum Gasteiger partial charge on any atom is 0.235 e. The summed E-state index contributed by atoms with van der Waals surface area (Å²) in [5.74, 6) is -1.42. The van der Waals surface area contributed by atoms with Crippen molar-refractivity contribution in [1.82, 2.24) is 9.78 Å². The molecule has 0 bridgehead atoms. The van der Waals surface area contributed by atoms with Gasteiger partial charge in [0.2, 0.25) is 11.9 Å². The Balaban J connectivity index is 3.13. The van der Waals surface area contributed by atoms with Crippen molar-refractivity contribution in [3.8, 4) is 0 Å². The lowest BCUT2D eigenvalue weighted by Gasteiger charge is -2.18. The minimum atomic E-state index is -0.780. The van der Waals surface area contributed by atoms with Gasteiger partial charge in [-0.05, 0) is 20.8 Å². The average molecular weight is 160 g/mol. The standard InChI is InChI=1S/C7H10F2N2/c1-7(2,3)11-6(9)4-5(8)10-11/h4H,1-3H3. The molecule has 0 aliphatic heterocycles. The molecule has 0 unspecified atom stereocenters. The summed E-state index contributed by atoms with van der Waals surface area (Å²) in [6, 6.07) is 0.769. The molecule has 0 fully saturated rings. The van der Waals surface area contributed by atoms with Gasteiger partial charge < -0.3 is 0 Å². The van der Waals surface area contributed by atoms with Gasteiger partial charge in [-0.15, -0.1) is 5.10 Å². The van der Waals surface area contributed by atoms with E-state index in [0.29, 0.717) is 0 Å². The highest BCUT2D eigenvalue weighted by molar-refractivity contribution is 4.90. The molecule has 1 aromatic heterocycles. The third-order valence-corrected chi connectivity index (χ3v) is 1.27. The maximum absolute atomic E-state index is 12.8. The molecule has 0 spiro atoms. The average Bonchev–Trinajstić information content (AvgIpc) is 2.08. The van der Waals surface area contributed by atoms with Crippen LogP contribution in [0.4, 0.5) is 8.78 Å². The quantitative estimate of drug-likeness (QED) is 0.567. The number of rotatable bonds is 0. The van der Waals surface area contributed by atoms with Gasteiger partial charge in [0, 0.05) is 6.07 Å². The normalized spacial score (nSPS) is 12.1. The molecule has 4 heteroatoms. The molecule has 0 amide bonds. The molecule has 0 radical (unpaired) electrons. The summed E-state index contributed by atoms with van der Waals surface area (Å²) < 4.78 is 26.1. The molecule has 0 aromatic carbocycles. The smallest absolute Gasteiger partial charge is 0.231 e. The maximum atomic E-state index is 12.8. The zero-order valence-corrected chi connectivity index (χ0v) is 6.73. The highest BCUT2D eigenvalue weighted by Gasteiger charge is 2.19. The second-order valence-corrected chi connectivity index (χ2v) is 3.37. The number of hydrogen-bond acceptors (Lipinski definition) is 1. The number of hydrogen-bond donors (Lipinski definition) is 0. The van der Waals surface area contributed by atoms with Crippen LogP contribution in [0.3, 0.4) is 0 Å². The minimum Gasteiger partial charge on any atom is -0.231 e. The van der Waals surface area contributed by atoms with Gasteiger partial charge >= 0.3 is 0 Å². The Morgan fingerprint density at radius 3 is 2.09 bits per heavy atom. The molecule has 0 saturated heterocycles. The van der Waals surface area contributed by atoms with Crippen LogP contribution in [0.2, 0.25) is 0 Å². The van der Waals surface area contributed by atoms with Crippen LogP contribution in [0.5, 0.6) is 0 Å². The number of nitrogens with zero attached hydrogens (tertiary/aromatic N) is 2. The van der Waals surface area contributed by atoms with Crippen molar-refractivity contribution in [2.75, 3.05) is 0 Å². The van der Waals surface area contributed by atoms with E-state index in [-0.39, 0.29) is 0 Å². The van der Waals surface area contributed by atoms with Crippen molar-refractivity contribution in [3.63, 3.8) is 0 Å². The van der Waals surface area contributed by atoms with E-state index in [4.69, 9.17) is 0 Å². The molecule has 0 aliphatic carbocycles. The van der Waals surface area contributed by atoms with Gasteiger partial charge in [-0.2, -0.15) is 8.78 Å². The first-order valence-electron chi connectivity index (χ1n) is 3.33. The second kappa shape index (κ2) is 2.29. The third-order valence-electron chi connectivity index (χ3n) is 1.27. The fourth-order valence-electron chi connectivity index (χ4n) is 0.802. The van der Waals surface area contributed by atoms with Crippen molar-refractivity contribution >= 4 is 0 Å². The van der Waals surface area contributed by atoms with E-state index in [2.05, 4.69) is 5.10 Å². The Morgan fingerprint density at radius 2 is 1.91 bits per heavy atom. The molecule has 2 nitrogen and oxygen atoms in total. The molecule has 1 rings (SSSR count). The van der Waals surface area contributed by atoms with Crippen LogP contribution in [0, 0.1) is 11.9 Å².